The lowest BCUT2D eigenvalue weighted by Crippen LogP contribution is -2.52. The Labute approximate surface area is 302 Å². The first kappa shape index (κ1) is 34.1. The second kappa shape index (κ2) is 14.1. The first-order valence-corrected chi connectivity index (χ1v) is 17.3. The molecule has 0 aliphatic carbocycles. The Hall–Kier alpha value is -5.34. The number of benzene rings is 3. The summed E-state index contributed by atoms with van der Waals surface area (Å²) in [5, 5.41) is 20.1. The average Bonchev–Trinajstić information content (AvgIpc) is 3.66. The van der Waals surface area contributed by atoms with Gasteiger partial charge in [-0.2, -0.15) is 5.26 Å². The van der Waals surface area contributed by atoms with E-state index in [1.54, 1.807) is 60.3 Å². The van der Waals surface area contributed by atoms with E-state index >= 15 is 0 Å². The zero-order valence-corrected chi connectivity index (χ0v) is 29.6. The van der Waals surface area contributed by atoms with Crippen molar-refractivity contribution in [3.05, 3.63) is 124 Å². The number of aromatic nitrogens is 2. The summed E-state index contributed by atoms with van der Waals surface area (Å²) in [7, 11) is 3.62. The molecule has 10 nitrogen and oxygen atoms in total. The number of halogens is 1. The van der Waals surface area contributed by atoms with Gasteiger partial charge in [0.1, 0.15) is 17.5 Å². The molecule has 2 amide bonds. The van der Waals surface area contributed by atoms with Gasteiger partial charge in [-0.3, -0.25) is 19.4 Å². The van der Waals surface area contributed by atoms with Crippen LogP contribution in [0.25, 0.3) is 11.3 Å². The number of carbonyl (C=O) groups is 2. The minimum atomic E-state index is -0.330. The number of fused-ring (bicyclic) bond motifs is 1. The van der Waals surface area contributed by atoms with E-state index in [9.17, 15) is 20.0 Å². The van der Waals surface area contributed by atoms with Crippen molar-refractivity contribution in [1.29, 1.82) is 5.26 Å². The lowest BCUT2D eigenvalue weighted by Gasteiger charge is -2.40. The second-order valence-corrected chi connectivity index (χ2v) is 13.6. The van der Waals surface area contributed by atoms with E-state index in [0.717, 1.165) is 31.6 Å². The van der Waals surface area contributed by atoms with Crippen molar-refractivity contribution >= 4 is 34.8 Å². The molecule has 1 saturated heterocycles. The standard InChI is InChI=1S/C40H39ClN6O4/c1-26-36(40(50)47(30-9-11-34(48)12-10-30)33-20-31(22-42)43(2)24-33)21-38(44(26)3)37-19-29(41)8-13-35(37)39(49)46-23-28-7-5-4-6-27(28)18-32(46)25-45-14-16-51-17-15-45/h4-13,19-21,24,32,48H,14-18,23,25H2,1-3H3/t32-/m0/s1. The van der Waals surface area contributed by atoms with Gasteiger partial charge in [0.2, 0.25) is 0 Å². The summed E-state index contributed by atoms with van der Waals surface area (Å²) in [5.41, 5.74) is 6.71. The number of anilines is 2. The molecule has 0 unspecified atom stereocenters. The highest BCUT2D eigenvalue weighted by Crippen LogP contribution is 2.36. The number of morpholine rings is 1. The largest absolute Gasteiger partial charge is 0.508 e. The van der Waals surface area contributed by atoms with Gasteiger partial charge in [-0.25, -0.2) is 0 Å². The first-order valence-electron chi connectivity index (χ1n) is 17.0. The highest BCUT2D eigenvalue weighted by atomic mass is 35.5. The van der Waals surface area contributed by atoms with Gasteiger partial charge in [-0.05, 0) is 79.1 Å². The second-order valence-electron chi connectivity index (χ2n) is 13.2. The van der Waals surface area contributed by atoms with E-state index in [0.29, 0.717) is 69.9 Å². The van der Waals surface area contributed by atoms with Crippen LogP contribution in [-0.2, 0) is 31.8 Å². The number of ether oxygens (including phenoxy) is 1. The van der Waals surface area contributed by atoms with E-state index in [1.165, 1.54) is 22.6 Å². The van der Waals surface area contributed by atoms with Gasteiger partial charge in [0.25, 0.3) is 11.8 Å². The number of rotatable bonds is 7. The molecule has 5 aromatic rings. The van der Waals surface area contributed by atoms with Crippen molar-refractivity contribution in [3.63, 3.8) is 0 Å². The quantitative estimate of drug-likeness (QED) is 0.209. The lowest BCUT2D eigenvalue weighted by molar-refractivity contribution is 0.0193. The predicted molar refractivity (Wildman–Crippen MR) is 196 cm³/mol. The van der Waals surface area contributed by atoms with Crippen LogP contribution in [0.2, 0.25) is 5.02 Å². The van der Waals surface area contributed by atoms with Gasteiger partial charge < -0.3 is 23.9 Å². The molecule has 2 aromatic heterocycles. The zero-order chi connectivity index (χ0) is 35.8. The highest BCUT2D eigenvalue weighted by Gasteiger charge is 2.34. The third-order valence-electron chi connectivity index (χ3n) is 10.1. The molecule has 3 aromatic carbocycles. The molecule has 11 heteroatoms. The van der Waals surface area contributed by atoms with Crippen molar-refractivity contribution < 1.29 is 19.4 Å². The summed E-state index contributed by atoms with van der Waals surface area (Å²) >= 11 is 6.62. The predicted octanol–water partition coefficient (Wildman–Crippen LogP) is 6.45. The summed E-state index contributed by atoms with van der Waals surface area (Å²) < 4.78 is 9.17. The SMILES string of the molecule is Cc1c(C(=O)N(c2ccc(O)cc2)c2cc(C#N)n(C)c2)cc(-c2cc(Cl)ccc2C(=O)N2Cc3ccccc3C[C@H]2CN2CCOCC2)n1C. The number of phenolic OH excluding ortho intramolecular Hbond substituents is 1. The van der Waals surface area contributed by atoms with Crippen molar-refractivity contribution in [2.75, 3.05) is 37.7 Å². The number of nitrogens with zero attached hydrogens (tertiary/aromatic N) is 6. The molecule has 2 aliphatic heterocycles. The van der Waals surface area contributed by atoms with Crippen LogP contribution in [0.4, 0.5) is 11.4 Å². The summed E-state index contributed by atoms with van der Waals surface area (Å²) in [6.07, 6.45) is 2.48. The van der Waals surface area contributed by atoms with Crippen molar-refractivity contribution in [1.82, 2.24) is 18.9 Å². The molecule has 0 spiro atoms. The molecule has 1 atom stereocenters. The Morgan fingerprint density at radius 1 is 0.961 bits per heavy atom. The van der Waals surface area contributed by atoms with E-state index < -0.39 is 0 Å². The van der Waals surface area contributed by atoms with Gasteiger partial charge in [0.15, 0.2) is 0 Å². The Morgan fingerprint density at radius 2 is 1.69 bits per heavy atom. The molecule has 51 heavy (non-hydrogen) atoms. The average molecular weight is 703 g/mol. The topological polar surface area (TPSA) is 107 Å². The minimum absolute atomic E-state index is 0.0376. The number of hydrogen-bond acceptors (Lipinski definition) is 6. The normalized spacial score (nSPS) is 16.1. The minimum Gasteiger partial charge on any atom is -0.508 e. The molecule has 2 aliphatic rings. The monoisotopic (exact) mass is 702 g/mol. The fourth-order valence-electron chi connectivity index (χ4n) is 7.20. The highest BCUT2D eigenvalue weighted by molar-refractivity contribution is 6.31. The Bertz CT molecular complexity index is 2160. The van der Waals surface area contributed by atoms with E-state index in [2.05, 4.69) is 29.2 Å². The van der Waals surface area contributed by atoms with Gasteiger partial charge in [0.05, 0.1) is 24.5 Å². The van der Waals surface area contributed by atoms with Crippen molar-refractivity contribution in [3.8, 4) is 23.1 Å². The van der Waals surface area contributed by atoms with Crippen LogP contribution >= 0.6 is 11.6 Å². The van der Waals surface area contributed by atoms with Crippen LogP contribution in [0.1, 0.15) is 43.2 Å². The van der Waals surface area contributed by atoms with Crippen LogP contribution < -0.4 is 4.90 Å². The van der Waals surface area contributed by atoms with E-state index in [-0.39, 0.29) is 23.6 Å². The summed E-state index contributed by atoms with van der Waals surface area (Å²) in [6.45, 7) is 6.12. The van der Waals surface area contributed by atoms with E-state index in [4.69, 9.17) is 16.3 Å². The van der Waals surface area contributed by atoms with E-state index in [1.807, 2.05) is 29.5 Å². The summed E-state index contributed by atoms with van der Waals surface area (Å²) in [5.74, 6) is -0.360. The number of aryl methyl sites for hydroxylation is 1. The van der Waals surface area contributed by atoms with Crippen LogP contribution in [0.5, 0.6) is 5.75 Å². The van der Waals surface area contributed by atoms with Gasteiger partial charge >= 0.3 is 0 Å². The maximum atomic E-state index is 14.8. The number of carbonyl (C=O) groups excluding carboxylic acids is 2. The fourth-order valence-corrected chi connectivity index (χ4v) is 7.37. The number of phenols is 1. The molecule has 260 valence electrons. The van der Waals surface area contributed by atoms with Gasteiger partial charge in [-0.1, -0.05) is 35.9 Å². The zero-order valence-electron chi connectivity index (χ0n) is 28.8. The maximum Gasteiger partial charge on any atom is 0.264 e. The summed E-state index contributed by atoms with van der Waals surface area (Å²) in [4.78, 5) is 35.2. The molecule has 1 N–H and O–H groups in total. The lowest BCUT2D eigenvalue weighted by atomic mass is 9.92. The number of amides is 2. The Balaban J connectivity index is 1.28. The van der Waals surface area contributed by atoms with Crippen LogP contribution in [0, 0.1) is 18.3 Å². The van der Waals surface area contributed by atoms with Crippen LogP contribution in [-0.4, -0.2) is 74.7 Å². The molecule has 7 rings (SSSR count). The molecule has 0 radical (unpaired) electrons. The maximum absolute atomic E-state index is 14.8. The van der Waals surface area contributed by atoms with Crippen molar-refractivity contribution in [2.45, 2.75) is 25.9 Å². The Kier molecular flexibility index (Phi) is 9.44. The molecular weight excluding hydrogens is 664 g/mol. The number of aromatic hydroxyl groups is 1. The molecule has 1 fully saturated rings. The van der Waals surface area contributed by atoms with Gasteiger partial charge in [0, 0.05) is 85.7 Å². The smallest absolute Gasteiger partial charge is 0.264 e. The first-order chi connectivity index (χ1) is 24.6. The summed E-state index contributed by atoms with van der Waals surface area (Å²) in [6, 6.07) is 25.6. The third kappa shape index (κ3) is 6.64. The molecule has 0 bridgehead atoms. The van der Waals surface area contributed by atoms with Crippen LogP contribution in [0.3, 0.4) is 0 Å². The van der Waals surface area contributed by atoms with Crippen molar-refractivity contribution in [2.24, 2.45) is 14.1 Å². The van der Waals surface area contributed by atoms with Crippen LogP contribution in [0.15, 0.2) is 85.1 Å². The molecular formula is C40H39ClN6O4. The fraction of sp³-hybridized carbons (Fsp3) is 0.275. The molecule has 0 saturated carbocycles. The molecule has 4 heterocycles. The number of hydrogen-bond donors (Lipinski definition) is 1. The number of nitriles is 1. The third-order valence-corrected chi connectivity index (χ3v) is 10.4. The Morgan fingerprint density at radius 3 is 2.39 bits per heavy atom. The van der Waals surface area contributed by atoms with Gasteiger partial charge in [-0.15, -0.1) is 0 Å².